The summed E-state index contributed by atoms with van der Waals surface area (Å²) in [7, 11) is 0. The summed E-state index contributed by atoms with van der Waals surface area (Å²) < 4.78 is 2.46. The number of aromatic nitrogens is 1. The Bertz CT molecular complexity index is 4490. The minimum Gasteiger partial charge on any atom is -0.310 e. The molecule has 0 spiro atoms. The molecule has 0 saturated carbocycles. The summed E-state index contributed by atoms with van der Waals surface area (Å²) in [4.78, 5) is 4.83. The molecular weight excluding hydrogens is 967 g/mol. The number of para-hydroxylation sites is 4. The lowest BCUT2D eigenvalue weighted by Gasteiger charge is -2.34. The standard InChI is InChI=1S/C77H53N3/c1-7-24-54(25-8-1)55-26-23-37-64(49-55)80-75-41-22-20-39-70(75)71-46-43-57-48-56(42-45-68(57)76(71)80)58-50-66(78(61-31-13-4-14-32-61)62-33-15-5-16-34-62)52-67(51-58)79(63-35-17-6-18-36-63)65-44-47-74-72(53-65)69-38-19-21-40-73(69)77(74,59-27-9-2-10-28-59)60-29-11-3-12-30-60/h1-53H. The van der Waals surface area contributed by atoms with Gasteiger partial charge in [0.1, 0.15) is 0 Å². The number of hydrogen-bond donors (Lipinski definition) is 0. The summed E-state index contributed by atoms with van der Waals surface area (Å²) in [6.07, 6.45) is 0. The molecule has 3 heteroatoms. The maximum atomic E-state index is 2.46. The molecular formula is C77H53N3. The lowest BCUT2D eigenvalue weighted by atomic mass is 9.68. The Hall–Kier alpha value is -10.5. The summed E-state index contributed by atoms with van der Waals surface area (Å²) >= 11 is 0. The van der Waals surface area contributed by atoms with Gasteiger partial charge in [-0.3, -0.25) is 0 Å². The van der Waals surface area contributed by atoms with Crippen LogP contribution in [0, 0.1) is 0 Å². The molecule has 1 heterocycles. The van der Waals surface area contributed by atoms with Crippen molar-refractivity contribution in [1.82, 2.24) is 4.57 Å². The Balaban J connectivity index is 0.952. The smallest absolute Gasteiger partial charge is 0.0713 e. The third-order valence-corrected chi connectivity index (χ3v) is 16.4. The highest BCUT2D eigenvalue weighted by atomic mass is 15.2. The zero-order valence-electron chi connectivity index (χ0n) is 43.9. The lowest BCUT2D eigenvalue weighted by Crippen LogP contribution is -2.28. The van der Waals surface area contributed by atoms with Gasteiger partial charge in [-0.15, -0.1) is 0 Å². The fourth-order valence-corrected chi connectivity index (χ4v) is 12.9. The summed E-state index contributed by atoms with van der Waals surface area (Å²) in [6, 6.07) is 118. The molecule has 13 aromatic carbocycles. The first kappa shape index (κ1) is 46.8. The fraction of sp³-hybridized carbons (Fsp3) is 0.0130. The van der Waals surface area contributed by atoms with E-state index in [9.17, 15) is 0 Å². The highest BCUT2D eigenvalue weighted by molar-refractivity contribution is 6.19. The van der Waals surface area contributed by atoms with Gasteiger partial charge in [-0.1, -0.05) is 231 Å². The molecule has 1 aromatic heterocycles. The predicted molar refractivity (Wildman–Crippen MR) is 336 cm³/mol. The molecule has 0 radical (unpaired) electrons. The average molecular weight is 1020 g/mol. The van der Waals surface area contributed by atoms with E-state index in [-0.39, 0.29) is 0 Å². The molecule has 0 amide bonds. The Kier molecular flexibility index (Phi) is 11.4. The number of fused-ring (bicyclic) bond motifs is 8. The first-order valence-electron chi connectivity index (χ1n) is 27.6. The molecule has 0 atom stereocenters. The fourth-order valence-electron chi connectivity index (χ4n) is 12.9. The van der Waals surface area contributed by atoms with Crippen molar-refractivity contribution in [3.05, 3.63) is 344 Å². The van der Waals surface area contributed by atoms with Crippen molar-refractivity contribution < 1.29 is 0 Å². The Labute approximate surface area is 466 Å². The Morgan fingerprint density at radius 2 is 0.775 bits per heavy atom. The van der Waals surface area contributed by atoms with Crippen molar-refractivity contribution in [3.63, 3.8) is 0 Å². The van der Waals surface area contributed by atoms with Gasteiger partial charge in [0.05, 0.1) is 16.4 Å². The number of benzene rings is 13. The molecule has 0 unspecified atom stereocenters. The topological polar surface area (TPSA) is 11.4 Å². The minimum atomic E-state index is -0.508. The quantitative estimate of drug-likeness (QED) is 0.128. The van der Waals surface area contributed by atoms with Gasteiger partial charge in [0, 0.05) is 56.0 Å². The van der Waals surface area contributed by atoms with E-state index in [0.717, 1.165) is 50.9 Å². The predicted octanol–water partition coefficient (Wildman–Crippen LogP) is 20.6. The molecule has 15 rings (SSSR count). The van der Waals surface area contributed by atoms with Crippen LogP contribution in [0.2, 0.25) is 0 Å². The molecule has 1 aliphatic carbocycles. The van der Waals surface area contributed by atoms with E-state index in [1.165, 1.54) is 77.1 Å². The summed E-state index contributed by atoms with van der Waals surface area (Å²) in [6.45, 7) is 0. The average Bonchev–Trinajstić information content (AvgIpc) is 4.07. The second-order valence-electron chi connectivity index (χ2n) is 20.8. The SMILES string of the molecule is c1ccc(-c2cccc(-n3c4ccccc4c4ccc5cc(-c6cc(N(c7ccccc7)c7ccccc7)cc(N(c7ccccc7)c7ccc8c(c7)-c7ccccc7C8(c7ccccc7)c7ccccc7)c6)ccc5c43)c2)cc1. The minimum absolute atomic E-state index is 0.508. The first-order valence-corrected chi connectivity index (χ1v) is 27.6. The maximum absolute atomic E-state index is 2.46. The van der Waals surface area contributed by atoms with Crippen LogP contribution >= 0.6 is 0 Å². The van der Waals surface area contributed by atoms with E-state index in [0.29, 0.717) is 0 Å². The number of anilines is 6. The molecule has 14 aromatic rings. The van der Waals surface area contributed by atoms with Crippen LogP contribution in [-0.2, 0) is 5.41 Å². The molecule has 80 heavy (non-hydrogen) atoms. The van der Waals surface area contributed by atoms with Crippen molar-refractivity contribution in [1.29, 1.82) is 0 Å². The van der Waals surface area contributed by atoms with Crippen molar-refractivity contribution >= 4 is 66.7 Å². The Morgan fingerprint density at radius 1 is 0.263 bits per heavy atom. The van der Waals surface area contributed by atoms with E-state index >= 15 is 0 Å². The highest BCUT2D eigenvalue weighted by Crippen LogP contribution is 2.57. The number of hydrogen-bond acceptors (Lipinski definition) is 2. The largest absolute Gasteiger partial charge is 0.310 e. The van der Waals surface area contributed by atoms with Gasteiger partial charge < -0.3 is 14.4 Å². The zero-order valence-corrected chi connectivity index (χ0v) is 43.9. The molecule has 376 valence electrons. The molecule has 0 aliphatic heterocycles. The van der Waals surface area contributed by atoms with E-state index in [4.69, 9.17) is 0 Å². The van der Waals surface area contributed by atoms with Crippen LogP contribution in [0.5, 0.6) is 0 Å². The van der Waals surface area contributed by atoms with E-state index in [2.05, 4.69) is 336 Å². The van der Waals surface area contributed by atoms with Crippen LogP contribution in [0.4, 0.5) is 34.1 Å². The number of nitrogens with zero attached hydrogens (tertiary/aromatic N) is 3. The third kappa shape index (κ3) is 7.74. The van der Waals surface area contributed by atoms with Gasteiger partial charge in [-0.05, 0) is 152 Å². The van der Waals surface area contributed by atoms with Gasteiger partial charge in [-0.2, -0.15) is 0 Å². The number of rotatable bonds is 11. The van der Waals surface area contributed by atoms with Crippen molar-refractivity contribution in [3.8, 4) is 39.1 Å². The van der Waals surface area contributed by atoms with Crippen LogP contribution < -0.4 is 9.80 Å². The van der Waals surface area contributed by atoms with E-state index in [1.807, 2.05) is 0 Å². The normalized spacial score (nSPS) is 12.3. The van der Waals surface area contributed by atoms with Crippen LogP contribution in [-0.4, -0.2) is 4.57 Å². The zero-order chi connectivity index (χ0) is 53.0. The molecule has 0 N–H and O–H groups in total. The van der Waals surface area contributed by atoms with Crippen molar-refractivity contribution in [2.75, 3.05) is 9.80 Å². The van der Waals surface area contributed by atoms with Crippen LogP contribution in [0.1, 0.15) is 22.3 Å². The summed E-state index contributed by atoms with van der Waals surface area (Å²) in [5.74, 6) is 0. The third-order valence-electron chi connectivity index (χ3n) is 16.4. The molecule has 1 aliphatic rings. The second kappa shape index (κ2) is 19.5. The molecule has 0 saturated heterocycles. The lowest BCUT2D eigenvalue weighted by molar-refractivity contribution is 0.768. The maximum Gasteiger partial charge on any atom is 0.0713 e. The molecule has 0 fully saturated rings. The Morgan fingerprint density at radius 3 is 1.43 bits per heavy atom. The molecule has 3 nitrogen and oxygen atoms in total. The molecule has 0 bridgehead atoms. The van der Waals surface area contributed by atoms with Crippen LogP contribution in [0.15, 0.2) is 322 Å². The van der Waals surface area contributed by atoms with Gasteiger partial charge >= 0.3 is 0 Å². The van der Waals surface area contributed by atoms with E-state index in [1.54, 1.807) is 0 Å². The van der Waals surface area contributed by atoms with Crippen molar-refractivity contribution in [2.24, 2.45) is 0 Å². The van der Waals surface area contributed by atoms with Crippen LogP contribution in [0.25, 0.3) is 71.6 Å². The second-order valence-corrected chi connectivity index (χ2v) is 20.8. The first-order chi connectivity index (χ1) is 39.7. The van der Waals surface area contributed by atoms with Gasteiger partial charge in [-0.25, -0.2) is 0 Å². The summed E-state index contributed by atoms with van der Waals surface area (Å²) in [5.41, 5.74) is 21.5. The highest BCUT2D eigenvalue weighted by Gasteiger charge is 2.46. The van der Waals surface area contributed by atoms with Crippen LogP contribution in [0.3, 0.4) is 0 Å². The van der Waals surface area contributed by atoms with Gasteiger partial charge in [0.15, 0.2) is 0 Å². The van der Waals surface area contributed by atoms with Gasteiger partial charge in [0.25, 0.3) is 0 Å². The monoisotopic (exact) mass is 1020 g/mol. The van der Waals surface area contributed by atoms with Gasteiger partial charge in [0.2, 0.25) is 0 Å². The summed E-state index contributed by atoms with van der Waals surface area (Å²) in [5, 5.41) is 4.84. The van der Waals surface area contributed by atoms with Crippen molar-refractivity contribution in [2.45, 2.75) is 5.41 Å². The van der Waals surface area contributed by atoms with E-state index < -0.39 is 5.41 Å².